The first-order valence-corrected chi connectivity index (χ1v) is 6.87. The van der Waals surface area contributed by atoms with Crippen molar-refractivity contribution in [3.63, 3.8) is 0 Å². The van der Waals surface area contributed by atoms with Crippen molar-refractivity contribution in [2.45, 2.75) is 12.5 Å². The molecule has 3 rings (SSSR count). The van der Waals surface area contributed by atoms with Crippen molar-refractivity contribution in [3.8, 4) is 0 Å². The van der Waals surface area contributed by atoms with Gasteiger partial charge in [-0.05, 0) is 12.5 Å². The molecule has 1 N–H and O–H groups in total. The van der Waals surface area contributed by atoms with Crippen molar-refractivity contribution in [3.05, 3.63) is 17.8 Å². The molecular formula is C13H18N4O3. The first-order valence-electron chi connectivity index (χ1n) is 6.87. The minimum absolute atomic E-state index is 0.225. The van der Waals surface area contributed by atoms with Crippen molar-refractivity contribution in [1.82, 2.24) is 15.1 Å². The Morgan fingerprint density at radius 1 is 1.35 bits per heavy atom. The summed E-state index contributed by atoms with van der Waals surface area (Å²) < 4.78 is 5.37. The second-order valence-corrected chi connectivity index (χ2v) is 5.11. The summed E-state index contributed by atoms with van der Waals surface area (Å²) >= 11 is 0. The summed E-state index contributed by atoms with van der Waals surface area (Å²) in [5.41, 5.74) is 0.225. The SMILES string of the molecule is O=C(O)c1ccnnc1N1CCC(N2CCOCC2)C1. The van der Waals surface area contributed by atoms with Crippen molar-refractivity contribution in [2.24, 2.45) is 0 Å². The molecule has 1 aromatic heterocycles. The number of carbonyl (C=O) groups is 1. The van der Waals surface area contributed by atoms with Crippen LogP contribution in [0.5, 0.6) is 0 Å². The van der Waals surface area contributed by atoms with E-state index >= 15 is 0 Å². The molecule has 3 heterocycles. The van der Waals surface area contributed by atoms with E-state index in [1.165, 1.54) is 12.3 Å². The third-order valence-electron chi connectivity index (χ3n) is 3.96. The van der Waals surface area contributed by atoms with Gasteiger partial charge in [-0.25, -0.2) is 4.79 Å². The highest BCUT2D eigenvalue weighted by atomic mass is 16.5. The van der Waals surface area contributed by atoms with Gasteiger partial charge in [0.2, 0.25) is 0 Å². The lowest BCUT2D eigenvalue weighted by Gasteiger charge is -2.32. The Morgan fingerprint density at radius 2 is 2.15 bits per heavy atom. The predicted molar refractivity (Wildman–Crippen MR) is 72.0 cm³/mol. The van der Waals surface area contributed by atoms with E-state index in [9.17, 15) is 9.90 Å². The molecule has 0 bridgehead atoms. The fourth-order valence-corrected chi connectivity index (χ4v) is 2.90. The monoisotopic (exact) mass is 278 g/mol. The number of rotatable bonds is 3. The number of carboxylic acids is 1. The minimum atomic E-state index is -0.954. The van der Waals surface area contributed by atoms with E-state index in [1.807, 2.05) is 4.90 Å². The van der Waals surface area contributed by atoms with E-state index < -0.39 is 5.97 Å². The van der Waals surface area contributed by atoms with Crippen LogP contribution in [0.1, 0.15) is 16.8 Å². The number of hydrogen-bond donors (Lipinski definition) is 1. The topological polar surface area (TPSA) is 78.8 Å². The molecule has 2 saturated heterocycles. The number of aromatic carboxylic acids is 1. The lowest BCUT2D eigenvalue weighted by atomic mass is 10.2. The average Bonchev–Trinajstić information content (AvgIpc) is 2.98. The smallest absolute Gasteiger partial charge is 0.339 e. The quantitative estimate of drug-likeness (QED) is 0.839. The van der Waals surface area contributed by atoms with Gasteiger partial charge in [-0.2, -0.15) is 5.10 Å². The van der Waals surface area contributed by atoms with Gasteiger partial charge in [-0.15, -0.1) is 5.10 Å². The van der Waals surface area contributed by atoms with Crippen molar-refractivity contribution in [1.29, 1.82) is 0 Å². The number of anilines is 1. The summed E-state index contributed by atoms with van der Waals surface area (Å²) in [6.45, 7) is 5.08. The van der Waals surface area contributed by atoms with Crippen molar-refractivity contribution >= 4 is 11.8 Å². The van der Waals surface area contributed by atoms with E-state index in [4.69, 9.17) is 4.74 Å². The lowest BCUT2D eigenvalue weighted by Crippen LogP contribution is -2.44. The molecule has 0 aromatic carbocycles. The number of hydrogen-bond acceptors (Lipinski definition) is 6. The van der Waals surface area contributed by atoms with Gasteiger partial charge in [-0.3, -0.25) is 4.90 Å². The average molecular weight is 278 g/mol. The third-order valence-corrected chi connectivity index (χ3v) is 3.96. The van der Waals surface area contributed by atoms with E-state index in [0.29, 0.717) is 11.9 Å². The molecule has 2 fully saturated rings. The Labute approximate surface area is 117 Å². The molecule has 108 valence electrons. The first kappa shape index (κ1) is 13.3. The summed E-state index contributed by atoms with van der Waals surface area (Å²) in [4.78, 5) is 15.7. The second-order valence-electron chi connectivity index (χ2n) is 5.11. The summed E-state index contributed by atoms with van der Waals surface area (Å²) in [7, 11) is 0. The highest BCUT2D eigenvalue weighted by Crippen LogP contribution is 2.24. The third kappa shape index (κ3) is 2.59. The van der Waals surface area contributed by atoms with Crippen LogP contribution in [-0.2, 0) is 4.74 Å². The number of aromatic nitrogens is 2. The Bertz CT molecular complexity index is 490. The van der Waals surface area contributed by atoms with Crippen LogP contribution < -0.4 is 4.90 Å². The van der Waals surface area contributed by atoms with E-state index in [2.05, 4.69) is 15.1 Å². The van der Waals surface area contributed by atoms with Gasteiger partial charge in [0, 0.05) is 32.2 Å². The van der Waals surface area contributed by atoms with Crippen LogP contribution in [-0.4, -0.2) is 71.6 Å². The highest BCUT2D eigenvalue weighted by molar-refractivity contribution is 5.93. The van der Waals surface area contributed by atoms with Crippen LogP contribution in [0.2, 0.25) is 0 Å². The molecule has 1 unspecified atom stereocenters. The van der Waals surface area contributed by atoms with E-state index in [1.54, 1.807) is 0 Å². The minimum Gasteiger partial charge on any atom is -0.478 e. The van der Waals surface area contributed by atoms with E-state index in [0.717, 1.165) is 45.8 Å². The van der Waals surface area contributed by atoms with Crippen LogP contribution in [0.3, 0.4) is 0 Å². The van der Waals surface area contributed by atoms with Gasteiger partial charge in [0.05, 0.1) is 19.4 Å². The molecule has 2 aliphatic heterocycles. The van der Waals surface area contributed by atoms with Crippen LogP contribution in [0, 0.1) is 0 Å². The van der Waals surface area contributed by atoms with Crippen LogP contribution in [0.4, 0.5) is 5.82 Å². The maximum atomic E-state index is 11.2. The Morgan fingerprint density at radius 3 is 2.90 bits per heavy atom. The van der Waals surface area contributed by atoms with Gasteiger partial charge in [0.15, 0.2) is 5.82 Å². The van der Waals surface area contributed by atoms with Crippen LogP contribution >= 0.6 is 0 Å². The zero-order valence-corrected chi connectivity index (χ0v) is 11.2. The molecule has 1 atom stereocenters. The Balaban J connectivity index is 1.72. The largest absolute Gasteiger partial charge is 0.478 e. The molecule has 0 spiro atoms. The van der Waals surface area contributed by atoms with Crippen molar-refractivity contribution in [2.75, 3.05) is 44.3 Å². The van der Waals surface area contributed by atoms with Gasteiger partial charge in [0.1, 0.15) is 5.56 Å². The van der Waals surface area contributed by atoms with Gasteiger partial charge >= 0.3 is 5.97 Å². The summed E-state index contributed by atoms with van der Waals surface area (Å²) in [6.07, 6.45) is 2.44. The van der Waals surface area contributed by atoms with Gasteiger partial charge < -0.3 is 14.7 Å². The molecular weight excluding hydrogens is 260 g/mol. The standard InChI is InChI=1S/C13H18N4O3/c18-13(19)11-1-3-14-15-12(11)17-4-2-10(9-17)16-5-7-20-8-6-16/h1,3,10H,2,4-9H2,(H,18,19). The van der Waals surface area contributed by atoms with Crippen molar-refractivity contribution < 1.29 is 14.6 Å². The Hall–Kier alpha value is -1.73. The molecule has 7 heteroatoms. The van der Waals surface area contributed by atoms with Gasteiger partial charge in [0.25, 0.3) is 0 Å². The Kier molecular flexibility index (Phi) is 3.79. The second kappa shape index (κ2) is 5.72. The lowest BCUT2D eigenvalue weighted by molar-refractivity contribution is 0.0209. The fraction of sp³-hybridized carbons (Fsp3) is 0.615. The molecule has 2 aliphatic rings. The number of nitrogens with zero attached hydrogens (tertiary/aromatic N) is 4. The number of carboxylic acid groups (broad SMARTS) is 1. The van der Waals surface area contributed by atoms with Crippen LogP contribution in [0.15, 0.2) is 12.3 Å². The summed E-state index contributed by atoms with van der Waals surface area (Å²) in [5.74, 6) is -0.472. The summed E-state index contributed by atoms with van der Waals surface area (Å²) in [6, 6.07) is 1.95. The molecule has 7 nitrogen and oxygen atoms in total. The first-order chi connectivity index (χ1) is 9.75. The molecule has 0 radical (unpaired) electrons. The number of ether oxygens (including phenoxy) is 1. The molecule has 0 aliphatic carbocycles. The maximum absolute atomic E-state index is 11.2. The maximum Gasteiger partial charge on any atom is 0.339 e. The van der Waals surface area contributed by atoms with Crippen LogP contribution in [0.25, 0.3) is 0 Å². The van der Waals surface area contributed by atoms with Gasteiger partial charge in [-0.1, -0.05) is 0 Å². The molecule has 20 heavy (non-hydrogen) atoms. The zero-order valence-electron chi connectivity index (χ0n) is 11.2. The zero-order chi connectivity index (χ0) is 13.9. The van der Waals surface area contributed by atoms with E-state index in [-0.39, 0.29) is 5.56 Å². The molecule has 0 amide bonds. The highest BCUT2D eigenvalue weighted by Gasteiger charge is 2.31. The number of morpholine rings is 1. The normalized spacial score (nSPS) is 24.0. The fourth-order valence-electron chi connectivity index (χ4n) is 2.90. The summed E-state index contributed by atoms with van der Waals surface area (Å²) in [5, 5.41) is 17.1. The predicted octanol–water partition coefficient (Wildman–Crippen LogP) is 0.0857. The molecule has 0 saturated carbocycles. The molecule has 1 aromatic rings.